The van der Waals surface area contributed by atoms with E-state index in [9.17, 15) is 14.7 Å². The normalized spacial score (nSPS) is 22.6. The van der Waals surface area contributed by atoms with Gasteiger partial charge in [-0.1, -0.05) is 37.5 Å². The number of hydrogen-bond donors (Lipinski definition) is 1. The van der Waals surface area contributed by atoms with E-state index in [-0.39, 0.29) is 11.8 Å². The molecule has 106 valence electrons. The molecular formula is C16H19NO3. The first kappa shape index (κ1) is 13.2. The highest BCUT2D eigenvalue weighted by atomic mass is 16.4. The number of aliphatic carboxylic acids is 1. The van der Waals surface area contributed by atoms with E-state index in [1.807, 2.05) is 24.3 Å². The van der Waals surface area contributed by atoms with Crippen LogP contribution in [0.5, 0.6) is 0 Å². The van der Waals surface area contributed by atoms with E-state index in [0.29, 0.717) is 6.42 Å². The maximum Gasteiger partial charge on any atom is 0.327 e. The molecule has 0 unspecified atom stereocenters. The van der Waals surface area contributed by atoms with Gasteiger partial charge in [-0.15, -0.1) is 0 Å². The molecule has 0 saturated heterocycles. The molecule has 20 heavy (non-hydrogen) atoms. The lowest BCUT2D eigenvalue weighted by Crippen LogP contribution is -2.46. The molecule has 0 spiro atoms. The zero-order valence-corrected chi connectivity index (χ0v) is 11.4. The van der Waals surface area contributed by atoms with Crippen LogP contribution in [0.2, 0.25) is 0 Å². The van der Waals surface area contributed by atoms with Crippen molar-refractivity contribution in [2.75, 3.05) is 4.90 Å². The van der Waals surface area contributed by atoms with Crippen LogP contribution in [0.15, 0.2) is 24.3 Å². The van der Waals surface area contributed by atoms with E-state index in [1.165, 1.54) is 11.3 Å². The lowest BCUT2D eigenvalue weighted by Gasteiger charge is -2.29. The molecule has 0 aromatic heterocycles. The van der Waals surface area contributed by atoms with Crippen molar-refractivity contribution in [2.45, 2.75) is 44.6 Å². The second-order valence-electron chi connectivity index (χ2n) is 5.73. The van der Waals surface area contributed by atoms with Gasteiger partial charge in [0.15, 0.2) is 0 Å². The van der Waals surface area contributed by atoms with Crippen molar-refractivity contribution < 1.29 is 14.7 Å². The van der Waals surface area contributed by atoms with Gasteiger partial charge in [0, 0.05) is 18.0 Å². The van der Waals surface area contributed by atoms with Crippen molar-refractivity contribution in [3.63, 3.8) is 0 Å². The summed E-state index contributed by atoms with van der Waals surface area (Å²) in [5.74, 6) is -0.913. The fraction of sp³-hybridized carbons (Fsp3) is 0.500. The Morgan fingerprint density at radius 2 is 1.80 bits per heavy atom. The van der Waals surface area contributed by atoms with E-state index in [2.05, 4.69) is 0 Å². The Morgan fingerprint density at radius 3 is 2.50 bits per heavy atom. The topological polar surface area (TPSA) is 57.6 Å². The number of amides is 1. The number of para-hydroxylation sites is 1. The molecule has 1 amide bonds. The lowest BCUT2D eigenvalue weighted by molar-refractivity contribution is -0.140. The fourth-order valence-corrected chi connectivity index (χ4v) is 3.40. The first-order valence-corrected chi connectivity index (χ1v) is 7.32. The van der Waals surface area contributed by atoms with Crippen LogP contribution in [0, 0.1) is 5.92 Å². The number of hydrogen-bond acceptors (Lipinski definition) is 2. The summed E-state index contributed by atoms with van der Waals surface area (Å²) >= 11 is 0. The summed E-state index contributed by atoms with van der Waals surface area (Å²) in [4.78, 5) is 25.7. The summed E-state index contributed by atoms with van der Waals surface area (Å²) in [6.45, 7) is 0. The van der Waals surface area contributed by atoms with E-state index in [0.717, 1.165) is 36.9 Å². The Bertz CT molecular complexity index is 534. The molecule has 1 heterocycles. The maximum absolute atomic E-state index is 12.7. The predicted octanol–water partition coefficient (Wildman–Crippen LogP) is 2.61. The minimum Gasteiger partial charge on any atom is -0.480 e. The van der Waals surface area contributed by atoms with Gasteiger partial charge in [-0.25, -0.2) is 4.79 Å². The predicted molar refractivity (Wildman–Crippen MR) is 75.6 cm³/mol. The molecule has 2 aliphatic rings. The molecule has 1 saturated carbocycles. The largest absolute Gasteiger partial charge is 0.480 e. The standard InChI is InChI=1S/C16H19NO3/c18-15(11-6-2-1-3-7-11)17-13-9-5-4-8-12(13)10-14(17)16(19)20/h4-5,8-9,11,14H,1-3,6-7,10H2,(H,19,20)/t14-/m0/s1. The molecule has 1 atom stereocenters. The molecule has 4 heteroatoms. The fourth-order valence-electron chi connectivity index (χ4n) is 3.40. The van der Waals surface area contributed by atoms with Crippen LogP contribution in [-0.2, 0) is 16.0 Å². The van der Waals surface area contributed by atoms with Crippen molar-refractivity contribution in [3.8, 4) is 0 Å². The van der Waals surface area contributed by atoms with Crippen LogP contribution < -0.4 is 4.90 Å². The first-order chi connectivity index (χ1) is 9.68. The highest BCUT2D eigenvalue weighted by Gasteiger charge is 2.40. The van der Waals surface area contributed by atoms with Gasteiger partial charge in [0.05, 0.1) is 0 Å². The summed E-state index contributed by atoms with van der Waals surface area (Å²) in [7, 11) is 0. The van der Waals surface area contributed by atoms with Crippen LogP contribution in [0.4, 0.5) is 5.69 Å². The zero-order chi connectivity index (χ0) is 14.1. The molecule has 1 aromatic carbocycles. The number of carbonyl (C=O) groups is 2. The molecule has 1 fully saturated rings. The highest BCUT2D eigenvalue weighted by molar-refractivity contribution is 6.03. The Labute approximate surface area is 118 Å². The van der Waals surface area contributed by atoms with Crippen LogP contribution >= 0.6 is 0 Å². The van der Waals surface area contributed by atoms with Crippen molar-refractivity contribution in [2.24, 2.45) is 5.92 Å². The first-order valence-electron chi connectivity index (χ1n) is 7.32. The molecule has 4 nitrogen and oxygen atoms in total. The summed E-state index contributed by atoms with van der Waals surface area (Å²) in [5, 5.41) is 9.41. The maximum atomic E-state index is 12.7. The highest BCUT2D eigenvalue weighted by Crippen LogP contribution is 2.35. The van der Waals surface area contributed by atoms with E-state index < -0.39 is 12.0 Å². The molecule has 1 aromatic rings. The van der Waals surface area contributed by atoms with Crippen LogP contribution in [0.1, 0.15) is 37.7 Å². The van der Waals surface area contributed by atoms with Crippen molar-refractivity contribution in [3.05, 3.63) is 29.8 Å². The second kappa shape index (κ2) is 5.27. The number of carboxylic acids is 1. The quantitative estimate of drug-likeness (QED) is 0.901. The smallest absolute Gasteiger partial charge is 0.327 e. The zero-order valence-electron chi connectivity index (χ0n) is 11.4. The van der Waals surface area contributed by atoms with Gasteiger partial charge >= 0.3 is 5.97 Å². The van der Waals surface area contributed by atoms with Gasteiger partial charge in [-0.2, -0.15) is 0 Å². The minimum atomic E-state index is -0.912. The number of carbonyl (C=O) groups excluding carboxylic acids is 1. The number of rotatable bonds is 2. The second-order valence-corrected chi connectivity index (χ2v) is 5.73. The van der Waals surface area contributed by atoms with Crippen molar-refractivity contribution in [1.29, 1.82) is 0 Å². The number of nitrogens with zero attached hydrogens (tertiary/aromatic N) is 1. The monoisotopic (exact) mass is 273 g/mol. The van der Waals surface area contributed by atoms with Gasteiger partial charge in [-0.3, -0.25) is 9.69 Å². The van der Waals surface area contributed by atoms with E-state index >= 15 is 0 Å². The Morgan fingerprint density at radius 1 is 1.10 bits per heavy atom. The molecular weight excluding hydrogens is 254 g/mol. The average Bonchev–Trinajstić information content (AvgIpc) is 2.87. The van der Waals surface area contributed by atoms with Gasteiger partial charge in [0.1, 0.15) is 6.04 Å². The summed E-state index contributed by atoms with van der Waals surface area (Å²) in [6.07, 6.45) is 5.54. The van der Waals surface area contributed by atoms with Crippen molar-refractivity contribution >= 4 is 17.6 Å². The Hall–Kier alpha value is -1.84. The SMILES string of the molecule is O=C(O)[C@@H]1Cc2ccccc2N1C(=O)C1CCCCC1. The molecule has 1 aliphatic heterocycles. The third-order valence-electron chi connectivity index (χ3n) is 4.45. The van der Waals surface area contributed by atoms with E-state index in [1.54, 1.807) is 0 Å². The molecule has 1 aliphatic carbocycles. The number of benzene rings is 1. The average molecular weight is 273 g/mol. The molecule has 3 rings (SSSR count). The molecule has 0 bridgehead atoms. The Kier molecular flexibility index (Phi) is 3.47. The minimum absolute atomic E-state index is 0.00190. The third kappa shape index (κ3) is 2.19. The number of fused-ring (bicyclic) bond motifs is 1. The van der Waals surface area contributed by atoms with Crippen LogP contribution in [0.25, 0.3) is 0 Å². The van der Waals surface area contributed by atoms with Crippen molar-refractivity contribution in [1.82, 2.24) is 0 Å². The van der Waals surface area contributed by atoms with Gasteiger partial charge in [0.2, 0.25) is 5.91 Å². The van der Waals surface area contributed by atoms with Gasteiger partial charge in [-0.05, 0) is 24.5 Å². The molecule has 0 radical (unpaired) electrons. The van der Waals surface area contributed by atoms with Crippen LogP contribution in [-0.4, -0.2) is 23.0 Å². The van der Waals surface area contributed by atoms with E-state index in [4.69, 9.17) is 0 Å². The summed E-state index contributed by atoms with van der Waals surface area (Å²) in [5.41, 5.74) is 1.75. The van der Waals surface area contributed by atoms with Gasteiger partial charge in [0.25, 0.3) is 0 Å². The number of carboxylic acid groups (broad SMARTS) is 1. The van der Waals surface area contributed by atoms with Crippen LogP contribution in [0.3, 0.4) is 0 Å². The molecule has 1 N–H and O–H groups in total. The lowest BCUT2D eigenvalue weighted by atomic mass is 9.88. The Balaban J connectivity index is 1.91. The number of anilines is 1. The van der Waals surface area contributed by atoms with Gasteiger partial charge < -0.3 is 5.11 Å². The summed E-state index contributed by atoms with van der Waals surface area (Å²) < 4.78 is 0. The summed E-state index contributed by atoms with van der Waals surface area (Å²) in [6, 6.07) is 6.80. The third-order valence-corrected chi connectivity index (χ3v) is 4.45.